The summed E-state index contributed by atoms with van der Waals surface area (Å²) in [6.45, 7) is 6.88. The molecule has 1 fully saturated rings. The topological polar surface area (TPSA) is 79.7 Å². The van der Waals surface area contributed by atoms with E-state index in [1.54, 1.807) is 12.3 Å². The van der Waals surface area contributed by atoms with E-state index in [0.717, 1.165) is 5.56 Å². The average molecular weight is 292 g/mol. The maximum absolute atomic E-state index is 12.3. The Kier molecular flexibility index (Phi) is 4.27. The summed E-state index contributed by atoms with van der Waals surface area (Å²) in [6.07, 6.45) is 0.735. The van der Waals surface area contributed by atoms with Gasteiger partial charge in [0.25, 0.3) is 5.91 Å². The summed E-state index contributed by atoms with van der Waals surface area (Å²) in [5.74, 6) is -1.31. The first kappa shape index (κ1) is 15.4. The molecule has 0 saturated carbocycles. The van der Waals surface area contributed by atoms with Crippen molar-refractivity contribution in [3.63, 3.8) is 0 Å². The van der Waals surface area contributed by atoms with Crippen molar-refractivity contribution in [3.8, 4) is 0 Å². The minimum absolute atomic E-state index is 0.0258. The smallest absolute Gasteiger partial charge is 0.334 e. The van der Waals surface area contributed by atoms with Gasteiger partial charge in [-0.3, -0.25) is 9.78 Å². The molecule has 1 aliphatic rings. The molecule has 1 unspecified atom stereocenters. The summed E-state index contributed by atoms with van der Waals surface area (Å²) in [4.78, 5) is 29.0. The van der Waals surface area contributed by atoms with E-state index in [0.29, 0.717) is 12.2 Å². The number of carbonyl (C=O) groups is 2. The van der Waals surface area contributed by atoms with E-state index in [1.807, 2.05) is 6.07 Å². The fraction of sp³-hybridized carbons (Fsp3) is 0.533. The Bertz CT molecular complexity index is 534. The molecule has 114 valence electrons. The van der Waals surface area contributed by atoms with Crippen LogP contribution >= 0.6 is 0 Å². The molecule has 2 heterocycles. The highest BCUT2D eigenvalue weighted by Crippen LogP contribution is 2.21. The number of ether oxygens (including phenoxy) is 1. The van der Waals surface area contributed by atoms with Gasteiger partial charge in [0.05, 0.1) is 13.2 Å². The minimum Gasteiger partial charge on any atom is -0.479 e. The zero-order valence-electron chi connectivity index (χ0n) is 12.5. The van der Waals surface area contributed by atoms with E-state index in [4.69, 9.17) is 9.84 Å². The van der Waals surface area contributed by atoms with Gasteiger partial charge < -0.3 is 14.7 Å². The van der Waals surface area contributed by atoms with Gasteiger partial charge in [0, 0.05) is 12.7 Å². The van der Waals surface area contributed by atoms with Gasteiger partial charge in [-0.05, 0) is 17.0 Å². The van der Waals surface area contributed by atoms with Crippen LogP contribution in [0.4, 0.5) is 0 Å². The number of hydrogen-bond donors (Lipinski definition) is 1. The van der Waals surface area contributed by atoms with Crippen molar-refractivity contribution in [2.75, 3.05) is 19.7 Å². The molecule has 1 N–H and O–H groups in total. The summed E-state index contributed by atoms with van der Waals surface area (Å²) in [5.41, 5.74) is 1.35. The number of morpholine rings is 1. The Labute approximate surface area is 123 Å². The van der Waals surface area contributed by atoms with Crippen molar-refractivity contribution >= 4 is 11.9 Å². The molecule has 0 aliphatic carbocycles. The molecule has 0 spiro atoms. The quantitative estimate of drug-likeness (QED) is 0.889. The standard InChI is InChI=1S/C15H20N2O4/c1-15(2,3)10-4-5-11(16-8-10)13(18)17-6-7-21-12(9-17)14(19)20/h4-5,8,12H,6-7,9H2,1-3H3,(H,19,20). The lowest BCUT2D eigenvalue weighted by atomic mass is 9.88. The van der Waals surface area contributed by atoms with Gasteiger partial charge >= 0.3 is 5.97 Å². The third-order valence-corrected chi connectivity index (χ3v) is 3.48. The zero-order valence-corrected chi connectivity index (χ0v) is 12.5. The van der Waals surface area contributed by atoms with Gasteiger partial charge in [-0.1, -0.05) is 26.8 Å². The maximum atomic E-state index is 12.3. The van der Waals surface area contributed by atoms with Crippen molar-refractivity contribution in [1.82, 2.24) is 9.88 Å². The number of carboxylic acids is 1. The SMILES string of the molecule is CC(C)(C)c1ccc(C(=O)N2CCOC(C(=O)O)C2)nc1. The molecule has 0 radical (unpaired) electrons. The Hall–Kier alpha value is -1.95. The first-order valence-corrected chi connectivity index (χ1v) is 6.89. The number of carboxylic acid groups (broad SMARTS) is 1. The summed E-state index contributed by atoms with van der Waals surface area (Å²) in [6, 6.07) is 3.57. The Balaban J connectivity index is 2.11. The Morgan fingerprint density at radius 2 is 2.10 bits per heavy atom. The van der Waals surface area contributed by atoms with E-state index in [2.05, 4.69) is 25.8 Å². The Morgan fingerprint density at radius 3 is 2.62 bits per heavy atom. The first-order valence-electron chi connectivity index (χ1n) is 6.89. The molecule has 6 nitrogen and oxygen atoms in total. The molecule has 1 atom stereocenters. The molecule has 1 amide bonds. The lowest BCUT2D eigenvalue weighted by molar-refractivity contribution is -0.154. The van der Waals surface area contributed by atoms with E-state index in [1.165, 1.54) is 4.90 Å². The van der Waals surface area contributed by atoms with Crippen molar-refractivity contribution in [3.05, 3.63) is 29.6 Å². The lowest BCUT2D eigenvalue weighted by Gasteiger charge is -2.30. The molecule has 1 aliphatic heterocycles. The lowest BCUT2D eigenvalue weighted by Crippen LogP contribution is -2.48. The van der Waals surface area contributed by atoms with Crippen LogP contribution in [-0.4, -0.2) is 52.7 Å². The zero-order chi connectivity index (χ0) is 15.6. The predicted molar refractivity (Wildman–Crippen MR) is 76.2 cm³/mol. The summed E-state index contributed by atoms with van der Waals surface area (Å²) in [7, 11) is 0. The molecular weight excluding hydrogens is 272 g/mol. The van der Waals surface area contributed by atoms with Crippen LogP contribution in [0.1, 0.15) is 36.8 Å². The summed E-state index contributed by atoms with van der Waals surface area (Å²) >= 11 is 0. The van der Waals surface area contributed by atoms with Gasteiger partial charge in [-0.15, -0.1) is 0 Å². The first-order chi connectivity index (χ1) is 9.79. The predicted octanol–water partition coefficient (Wildman–Crippen LogP) is 1.30. The molecular formula is C15H20N2O4. The van der Waals surface area contributed by atoms with Crippen LogP contribution in [0.15, 0.2) is 18.3 Å². The molecule has 1 saturated heterocycles. The molecule has 1 aromatic rings. The minimum atomic E-state index is -1.05. The highest BCUT2D eigenvalue weighted by molar-refractivity contribution is 5.92. The maximum Gasteiger partial charge on any atom is 0.334 e. The second-order valence-electron chi connectivity index (χ2n) is 6.13. The third kappa shape index (κ3) is 3.58. The van der Waals surface area contributed by atoms with Crippen LogP contribution in [0.3, 0.4) is 0 Å². The van der Waals surface area contributed by atoms with Crippen molar-refractivity contribution in [2.45, 2.75) is 32.3 Å². The second-order valence-corrected chi connectivity index (χ2v) is 6.13. The fourth-order valence-electron chi connectivity index (χ4n) is 2.11. The van der Waals surface area contributed by atoms with Gasteiger partial charge in [-0.2, -0.15) is 0 Å². The number of rotatable bonds is 2. The summed E-state index contributed by atoms with van der Waals surface area (Å²) < 4.78 is 5.11. The van der Waals surface area contributed by atoms with Gasteiger partial charge in [0.2, 0.25) is 0 Å². The highest BCUT2D eigenvalue weighted by atomic mass is 16.5. The Morgan fingerprint density at radius 1 is 1.38 bits per heavy atom. The van der Waals surface area contributed by atoms with E-state index in [-0.39, 0.29) is 24.5 Å². The summed E-state index contributed by atoms with van der Waals surface area (Å²) in [5, 5.41) is 8.96. The molecule has 2 rings (SSSR count). The van der Waals surface area contributed by atoms with Gasteiger partial charge in [0.1, 0.15) is 5.69 Å². The van der Waals surface area contributed by atoms with Gasteiger partial charge in [0.15, 0.2) is 6.10 Å². The molecule has 1 aromatic heterocycles. The van der Waals surface area contributed by atoms with Crippen molar-refractivity contribution in [1.29, 1.82) is 0 Å². The number of carbonyl (C=O) groups excluding carboxylic acids is 1. The molecule has 0 aromatic carbocycles. The van der Waals surface area contributed by atoms with Gasteiger partial charge in [-0.25, -0.2) is 4.79 Å². The number of nitrogens with zero attached hydrogens (tertiary/aromatic N) is 2. The molecule has 0 bridgehead atoms. The number of aliphatic carboxylic acids is 1. The van der Waals surface area contributed by atoms with E-state index >= 15 is 0 Å². The second kappa shape index (κ2) is 5.81. The number of amides is 1. The highest BCUT2D eigenvalue weighted by Gasteiger charge is 2.30. The van der Waals surface area contributed by atoms with Crippen LogP contribution in [0.25, 0.3) is 0 Å². The van der Waals surface area contributed by atoms with E-state index in [9.17, 15) is 9.59 Å². The van der Waals surface area contributed by atoms with Crippen LogP contribution in [-0.2, 0) is 14.9 Å². The van der Waals surface area contributed by atoms with Crippen LogP contribution in [0.5, 0.6) is 0 Å². The fourth-order valence-corrected chi connectivity index (χ4v) is 2.11. The van der Waals surface area contributed by atoms with Crippen LogP contribution in [0, 0.1) is 0 Å². The average Bonchev–Trinajstić information content (AvgIpc) is 2.46. The largest absolute Gasteiger partial charge is 0.479 e. The molecule has 21 heavy (non-hydrogen) atoms. The van der Waals surface area contributed by atoms with Crippen molar-refractivity contribution in [2.24, 2.45) is 0 Å². The number of aromatic nitrogens is 1. The molecule has 6 heteroatoms. The number of pyridine rings is 1. The number of hydrogen-bond acceptors (Lipinski definition) is 4. The van der Waals surface area contributed by atoms with Crippen molar-refractivity contribution < 1.29 is 19.4 Å². The van der Waals surface area contributed by atoms with E-state index < -0.39 is 12.1 Å². The van der Waals surface area contributed by atoms with Crippen LogP contribution in [0.2, 0.25) is 0 Å². The monoisotopic (exact) mass is 292 g/mol. The third-order valence-electron chi connectivity index (χ3n) is 3.48. The normalized spacial score (nSPS) is 19.4. The van der Waals surface area contributed by atoms with Crippen LogP contribution < -0.4 is 0 Å².